The zero-order valence-corrected chi connectivity index (χ0v) is 19.9. The highest BCUT2D eigenvalue weighted by atomic mass is 32.2. The standard InChI is InChI=1S/C25H27N3O6S/c29-23(19-34-24-11-9-21(10-12-24)20-5-2-1-3-6-20)18-26-13-15-27(16-14-26)35(32,33)25-8-4-7-22(17-25)28(30)31/h1-12,17,23,29H,13-16,18-19H2/t23-/m0/s1. The maximum absolute atomic E-state index is 12.9. The van der Waals surface area contributed by atoms with Crippen molar-refractivity contribution in [2.45, 2.75) is 11.0 Å². The molecule has 0 spiro atoms. The molecule has 184 valence electrons. The van der Waals surface area contributed by atoms with Crippen LogP contribution in [0, 0.1) is 10.1 Å². The van der Waals surface area contributed by atoms with Gasteiger partial charge in [-0.25, -0.2) is 8.42 Å². The molecule has 0 aromatic heterocycles. The quantitative estimate of drug-likeness (QED) is 0.357. The van der Waals surface area contributed by atoms with Crippen LogP contribution in [0.5, 0.6) is 5.75 Å². The van der Waals surface area contributed by atoms with E-state index in [0.717, 1.165) is 17.2 Å². The maximum atomic E-state index is 12.9. The number of nitro groups is 1. The first-order valence-electron chi connectivity index (χ1n) is 11.3. The zero-order valence-electron chi connectivity index (χ0n) is 19.1. The van der Waals surface area contributed by atoms with E-state index >= 15 is 0 Å². The van der Waals surface area contributed by atoms with Crippen LogP contribution >= 0.6 is 0 Å². The van der Waals surface area contributed by atoms with Gasteiger partial charge in [0.05, 0.1) is 9.82 Å². The number of piperazine rings is 1. The number of nitrogens with zero attached hydrogens (tertiary/aromatic N) is 3. The number of aliphatic hydroxyl groups excluding tert-OH is 1. The van der Waals surface area contributed by atoms with Gasteiger partial charge in [0, 0.05) is 44.9 Å². The Balaban J connectivity index is 1.25. The molecule has 0 unspecified atom stereocenters. The first-order chi connectivity index (χ1) is 16.8. The third-order valence-electron chi connectivity index (χ3n) is 5.87. The lowest BCUT2D eigenvalue weighted by Gasteiger charge is -2.34. The Bertz CT molecular complexity index is 1240. The van der Waals surface area contributed by atoms with Crippen LogP contribution in [-0.2, 0) is 10.0 Å². The maximum Gasteiger partial charge on any atom is 0.270 e. The normalized spacial score (nSPS) is 16.0. The number of aliphatic hydroxyl groups is 1. The molecular weight excluding hydrogens is 470 g/mol. The predicted molar refractivity (Wildman–Crippen MR) is 132 cm³/mol. The molecule has 0 amide bonds. The van der Waals surface area contributed by atoms with E-state index < -0.39 is 21.1 Å². The van der Waals surface area contributed by atoms with Gasteiger partial charge < -0.3 is 9.84 Å². The van der Waals surface area contributed by atoms with Crippen LogP contribution in [0.2, 0.25) is 0 Å². The minimum absolute atomic E-state index is 0.0909. The van der Waals surface area contributed by atoms with Crippen molar-refractivity contribution in [2.24, 2.45) is 0 Å². The number of benzene rings is 3. The molecule has 1 saturated heterocycles. The van der Waals surface area contributed by atoms with Crippen molar-refractivity contribution in [1.29, 1.82) is 0 Å². The molecule has 1 heterocycles. The number of rotatable bonds is 9. The van der Waals surface area contributed by atoms with Gasteiger partial charge >= 0.3 is 0 Å². The molecule has 4 rings (SSSR count). The predicted octanol–water partition coefficient (Wildman–Crippen LogP) is 3.01. The summed E-state index contributed by atoms with van der Waals surface area (Å²) in [5.74, 6) is 0.664. The fourth-order valence-corrected chi connectivity index (χ4v) is 5.44. The third kappa shape index (κ3) is 6.23. The van der Waals surface area contributed by atoms with E-state index in [1.807, 2.05) is 59.5 Å². The van der Waals surface area contributed by atoms with Gasteiger partial charge in [0.25, 0.3) is 5.69 Å². The highest BCUT2D eigenvalue weighted by Crippen LogP contribution is 2.23. The molecule has 3 aromatic carbocycles. The van der Waals surface area contributed by atoms with Gasteiger partial charge in [-0.2, -0.15) is 4.31 Å². The summed E-state index contributed by atoms with van der Waals surface area (Å²) in [4.78, 5) is 12.3. The first-order valence-corrected chi connectivity index (χ1v) is 12.7. The molecule has 35 heavy (non-hydrogen) atoms. The number of hydrogen-bond donors (Lipinski definition) is 1. The summed E-state index contributed by atoms with van der Waals surface area (Å²) < 4.78 is 32.8. The van der Waals surface area contributed by atoms with Crippen molar-refractivity contribution in [3.63, 3.8) is 0 Å². The van der Waals surface area contributed by atoms with Crippen LogP contribution in [0.3, 0.4) is 0 Å². The summed E-state index contributed by atoms with van der Waals surface area (Å²) in [6.07, 6.45) is -0.733. The molecule has 0 aliphatic carbocycles. The Hall–Kier alpha value is -3.31. The smallest absolute Gasteiger partial charge is 0.270 e. The molecule has 3 aromatic rings. The van der Waals surface area contributed by atoms with Gasteiger partial charge in [0.2, 0.25) is 10.0 Å². The van der Waals surface area contributed by atoms with Gasteiger partial charge in [-0.15, -0.1) is 0 Å². The lowest BCUT2D eigenvalue weighted by Crippen LogP contribution is -2.50. The minimum Gasteiger partial charge on any atom is -0.491 e. The largest absolute Gasteiger partial charge is 0.491 e. The topological polar surface area (TPSA) is 113 Å². The van der Waals surface area contributed by atoms with Crippen molar-refractivity contribution >= 4 is 15.7 Å². The van der Waals surface area contributed by atoms with E-state index in [0.29, 0.717) is 25.4 Å². The first kappa shape index (κ1) is 24.8. The van der Waals surface area contributed by atoms with E-state index in [2.05, 4.69) is 0 Å². The minimum atomic E-state index is -3.82. The molecule has 0 saturated carbocycles. The van der Waals surface area contributed by atoms with Gasteiger partial charge in [0.15, 0.2) is 0 Å². The van der Waals surface area contributed by atoms with Crippen LogP contribution in [0.4, 0.5) is 5.69 Å². The average Bonchev–Trinajstić information content (AvgIpc) is 2.89. The lowest BCUT2D eigenvalue weighted by atomic mass is 10.1. The summed E-state index contributed by atoms with van der Waals surface area (Å²) >= 11 is 0. The second kappa shape index (κ2) is 11.0. The molecule has 0 bridgehead atoms. The second-order valence-corrected chi connectivity index (χ2v) is 10.3. The summed E-state index contributed by atoms with van der Waals surface area (Å²) in [7, 11) is -3.82. The van der Waals surface area contributed by atoms with Crippen LogP contribution in [0.1, 0.15) is 0 Å². The Kier molecular flexibility index (Phi) is 7.76. The van der Waals surface area contributed by atoms with Crippen molar-refractivity contribution in [3.05, 3.63) is 89.0 Å². The summed E-state index contributed by atoms with van der Waals surface area (Å²) in [5, 5.41) is 21.4. The van der Waals surface area contributed by atoms with Crippen LogP contribution < -0.4 is 4.74 Å². The molecule has 0 radical (unpaired) electrons. The van der Waals surface area contributed by atoms with Gasteiger partial charge in [-0.3, -0.25) is 15.0 Å². The number of sulfonamides is 1. The van der Waals surface area contributed by atoms with E-state index in [1.165, 1.54) is 22.5 Å². The Labute approximate surface area is 204 Å². The number of hydrogen-bond acceptors (Lipinski definition) is 7. The number of nitro benzene ring substituents is 1. The number of ether oxygens (including phenoxy) is 1. The Morgan fingerprint density at radius 2 is 1.57 bits per heavy atom. The van der Waals surface area contributed by atoms with E-state index in [-0.39, 0.29) is 30.3 Å². The van der Waals surface area contributed by atoms with E-state index in [1.54, 1.807) is 0 Å². The molecule has 1 fully saturated rings. The third-order valence-corrected chi connectivity index (χ3v) is 7.76. The second-order valence-electron chi connectivity index (χ2n) is 8.31. The van der Waals surface area contributed by atoms with E-state index in [9.17, 15) is 23.6 Å². The molecule has 1 atom stereocenters. The van der Waals surface area contributed by atoms with Crippen molar-refractivity contribution in [1.82, 2.24) is 9.21 Å². The molecule has 1 aliphatic rings. The van der Waals surface area contributed by atoms with Gasteiger partial charge in [0.1, 0.15) is 18.5 Å². The fourth-order valence-electron chi connectivity index (χ4n) is 3.98. The number of non-ortho nitro benzene ring substituents is 1. The lowest BCUT2D eigenvalue weighted by molar-refractivity contribution is -0.385. The van der Waals surface area contributed by atoms with Crippen LogP contribution in [0.25, 0.3) is 11.1 Å². The zero-order chi connectivity index (χ0) is 24.8. The Morgan fingerprint density at radius 1 is 0.914 bits per heavy atom. The number of β-amino-alcohol motifs (C(OH)–C–C–N with tert-alkyl or cyclic N) is 1. The summed E-state index contributed by atoms with van der Waals surface area (Å²) in [5.41, 5.74) is 1.93. The molecule has 10 heteroatoms. The van der Waals surface area contributed by atoms with Gasteiger partial charge in [-0.05, 0) is 29.3 Å². The average molecular weight is 498 g/mol. The SMILES string of the molecule is O=[N+]([O-])c1cccc(S(=O)(=O)N2CCN(C[C@H](O)COc3ccc(-c4ccccc4)cc3)CC2)c1. The summed E-state index contributed by atoms with van der Waals surface area (Å²) in [6, 6.07) is 22.8. The molecular formula is C25H27N3O6S. The fraction of sp³-hybridized carbons (Fsp3) is 0.280. The van der Waals surface area contributed by atoms with Gasteiger partial charge in [-0.1, -0.05) is 48.5 Å². The van der Waals surface area contributed by atoms with Crippen LogP contribution in [0.15, 0.2) is 83.8 Å². The Morgan fingerprint density at radius 3 is 2.23 bits per heavy atom. The highest BCUT2D eigenvalue weighted by molar-refractivity contribution is 7.89. The monoisotopic (exact) mass is 497 g/mol. The highest BCUT2D eigenvalue weighted by Gasteiger charge is 2.30. The molecule has 9 nitrogen and oxygen atoms in total. The van der Waals surface area contributed by atoms with Crippen LogP contribution in [-0.4, -0.2) is 73.1 Å². The van der Waals surface area contributed by atoms with Crippen molar-refractivity contribution in [3.8, 4) is 16.9 Å². The summed E-state index contributed by atoms with van der Waals surface area (Å²) in [6.45, 7) is 1.83. The molecule has 1 aliphatic heterocycles. The van der Waals surface area contributed by atoms with Crippen molar-refractivity contribution < 1.29 is 23.2 Å². The van der Waals surface area contributed by atoms with E-state index in [4.69, 9.17) is 4.74 Å². The van der Waals surface area contributed by atoms with Crippen molar-refractivity contribution in [2.75, 3.05) is 39.3 Å². The molecule has 1 N–H and O–H groups in total.